The summed E-state index contributed by atoms with van der Waals surface area (Å²) in [6.45, 7) is 2.33. The molecule has 0 spiro atoms. The highest BCUT2D eigenvalue weighted by atomic mass is 31.2. The first-order chi connectivity index (χ1) is 17.1. The molecule has 1 aliphatic rings. The Morgan fingerprint density at radius 1 is 1.33 bits per heavy atom. The van der Waals surface area contributed by atoms with Crippen LogP contribution in [0.25, 0.3) is 11.2 Å². The highest BCUT2D eigenvalue weighted by Crippen LogP contribution is 2.47. The molecule has 0 aliphatic carbocycles. The summed E-state index contributed by atoms with van der Waals surface area (Å²) in [7, 11) is -3.00. The standard InChI is InChI=1S/C21H27N6O8P/c1-12(19(29)32-3)26-36(31,35-13-7-5-4-6-8-13)33-9-14-16(28)21(2,30)20(34-14)27-11-25-15-17(22)23-10-24-18(15)27/h4-8,10-12,14,16,20,28,30H,9H2,1-3H3,(H,26,31)(H2,22,23,24)/t12-,14-,16-,20-,21-,36?/m1/s1. The number of carbonyl (C=O) groups is 1. The third-order valence-corrected chi connectivity index (χ3v) is 7.32. The van der Waals surface area contributed by atoms with Crippen molar-refractivity contribution in [3.05, 3.63) is 43.0 Å². The molecule has 36 heavy (non-hydrogen) atoms. The minimum atomic E-state index is -4.19. The second kappa shape index (κ2) is 10.1. The van der Waals surface area contributed by atoms with E-state index in [9.17, 15) is 19.6 Å². The van der Waals surface area contributed by atoms with Gasteiger partial charge in [-0.2, -0.15) is 5.09 Å². The van der Waals surface area contributed by atoms with Crippen LogP contribution in [0.5, 0.6) is 5.75 Å². The Balaban J connectivity index is 1.55. The van der Waals surface area contributed by atoms with Gasteiger partial charge in [-0.15, -0.1) is 0 Å². The van der Waals surface area contributed by atoms with Crippen molar-refractivity contribution in [3.63, 3.8) is 0 Å². The van der Waals surface area contributed by atoms with E-state index >= 15 is 0 Å². The van der Waals surface area contributed by atoms with Gasteiger partial charge in [-0.05, 0) is 26.0 Å². The lowest BCUT2D eigenvalue weighted by atomic mass is 9.96. The van der Waals surface area contributed by atoms with E-state index < -0.39 is 50.4 Å². The first-order valence-corrected chi connectivity index (χ1v) is 12.4. The molecule has 1 aliphatic heterocycles. The van der Waals surface area contributed by atoms with Crippen LogP contribution in [0.2, 0.25) is 0 Å². The van der Waals surface area contributed by atoms with E-state index in [-0.39, 0.29) is 17.2 Å². The number of methoxy groups -OCH3 is 1. The SMILES string of the molecule is COC(=O)[C@@H](C)NP(=O)(OC[C@H]1O[C@@H](n2cnc3c(N)ncnc32)[C@](C)(O)[C@@H]1O)Oc1ccccc1. The summed E-state index contributed by atoms with van der Waals surface area (Å²) in [4.78, 5) is 24.1. The maximum atomic E-state index is 13.6. The molecule has 3 aromatic rings. The molecule has 1 aromatic carbocycles. The summed E-state index contributed by atoms with van der Waals surface area (Å²) in [5.41, 5.74) is 4.60. The molecule has 1 fully saturated rings. The Morgan fingerprint density at radius 2 is 2.06 bits per heavy atom. The van der Waals surface area contributed by atoms with Crippen LogP contribution in [0.3, 0.4) is 0 Å². The van der Waals surface area contributed by atoms with E-state index in [2.05, 4.69) is 24.8 Å². The molecule has 0 radical (unpaired) electrons. The molecule has 15 heteroatoms. The molecule has 0 amide bonds. The van der Waals surface area contributed by atoms with Gasteiger partial charge >= 0.3 is 13.7 Å². The summed E-state index contributed by atoms with van der Waals surface area (Å²) >= 11 is 0. The van der Waals surface area contributed by atoms with Crippen molar-refractivity contribution >= 4 is 30.7 Å². The quantitative estimate of drug-likeness (QED) is 0.228. The highest BCUT2D eigenvalue weighted by Gasteiger charge is 2.54. The van der Waals surface area contributed by atoms with Crippen LogP contribution in [0, 0.1) is 0 Å². The van der Waals surface area contributed by atoms with Gasteiger partial charge in [-0.1, -0.05) is 18.2 Å². The monoisotopic (exact) mass is 522 g/mol. The molecule has 1 saturated heterocycles. The number of aliphatic hydroxyl groups excluding tert-OH is 1. The number of para-hydroxylation sites is 1. The van der Waals surface area contributed by atoms with Gasteiger partial charge in [0.05, 0.1) is 20.0 Å². The zero-order chi connectivity index (χ0) is 26.1. The van der Waals surface area contributed by atoms with Gasteiger partial charge in [0.15, 0.2) is 17.7 Å². The molecule has 0 bridgehead atoms. The predicted octanol–water partition coefficient (Wildman–Crippen LogP) is 0.773. The molecule has 1 unspecified atom stereocenters. The Hall–Kier alpha value is -3.13. The maximum Gasteiger partial charge on any atom is 0.459 e. The van der Waals surface area contributed by atoms with Gasteiger partial charge in [0, 0.05) is 0 Å². The lowest BCUT2D eigenvalue weighted by Crippen LogP contribution is -2.44. The topological polar surface area (TPSA) is 193 Å². The van der Waals surface area contributed by atoms with Crippen LogP contribution < -0.4 is 15.3 Å². The second-order valence-corrected chi connectivity index (χ2v) is 10.0. The van der Waals surface area contributed by atoms with Gasteiger partial charge in [0.1, 0.15) is 41.4 Å². The molecule has 2 aromatic heterocycles. The first-order valence-electron chi connectivity index (χ1n) is 10.9. The van der Waals surface area contributed by atoms with E-state index in [0.717, 1.165) is 0 Å². The molecular weight excluding hydrogens is 495 g/mol. The third-order valence-electron chi connectivity index (χ3n) is 5.68. The summed E-state index contributed by atoms with van der Waals surface area (Å²) in [5, 5.41) is 24.4. The zero-order valence-electron chi connectivity index (χ0n) is 19.7. The maximum absolute atomic E-state index is 13.6. The van der Waals surface area contributed by atoms with Gasteiger partial charge in [-0.3, -0.25) is 13.9 Å². The second-order valence-electron chi connectivity index (χ2n) is 8.35. The van der Waals surface area contributed by atoms with E-state index in [0.29, 0.717) is 5.52 Å². The number of nitrogen functional groups attached to an aromatic ring is 1. The van der Waals surface area contributed by atoms with Crippen LogP contribution in [0.1, 0.15) is 20.1 Å². The van der Waals surface area contributed by atoms with Crippen LogP contribution in [-0.4, -0.2) is 73.3 Å². The van der Waals surface area contributed by atoms with E-state index in [1.165, 1.54) is 38.2 Å². The van der Waals surface area contributed by atoms with Crippen molar-refractivity contribution in [1.29, 1.82) is 0 Å². The summed E-state index contributed by atoms with van der Waals surface area (Å²) in [5.74, 6) is -0.337. The Kier molecular flexibility index (Phi) is 7.27. The Morgan fingerprint density at radius 3 is 2.75 bits per heavy atom. The van der Waals surface area contributed by atoms with Crippen molar-refractivity contribution < 1.29 is 38.1 Å². The fourth-order valence-electron chi connectivity index (χ4n) is 3.77. The molecule has 3 heterocycles. The smallest absolute Gasteiger partial charge is 0.459 e. The molecule has 4 rings (SSSR count). The number of hydrogen-bond donors (Lipinski definition) is 4. The number of aromatic nitrogens is 4. The largest absolute Gasteiger partial charge is 0.468 e. The molecular formula is C21H27N6O8P. The van der Waals surface area contributed by atoms with Crippen LogP contribution in [-0.2, 0) is 23.4 Å². The fraction of sp³-hybridized carbons (Fsp3) is 0.429. The van der Waals surface area contributed by atoms with Crippen molar-refractivity contribution in [2.45, 2.75) is 43.9 Å². The molecule has 14 nitrogen and oxygen atoms in total. The van der Waals surface area contributed by atoms with Crippen molar-refractivity contribution in [3.8, 4) is 5.75 Å². The van der Waals surface area contributed by atoms with E-state index in [1.54, 1.807) is 30.3 Å². The Bertz CT molecular complexity index is 1270. The van der Waals surface area contributed by atoms with Crippen LogP contribution >= 0.6 is 7.75 Å². The third kappa shape index (κ3) is 5.05. The number of nitrogens with one attached hydrogen (secondary N) is 1. The van der Waals surface area contributed by atoms with Crippen molar-refractivity contribution in [2.75, 3.05) is 19.5 Å². The van der Waals surface area contributed by atoms with Gasteiger partial charge in [-0.25, -0.2) is 19.5 Å². The number of carbonyl (C=O) groups excluding carboxylic acids is 1. The average molecular weight is 522 g/mol. The summed E-state index contributed by atoms with van der Waals surface area (Å²) < 4.78 is 36.7. The normalized spacial score (nSPS) is 26.4. The van der Waals surface area contributed by atoms with Crippen LogP contribution in [0.4, 0.5) is 5.82 Å². The number of anilines is 1. The predicted molar refractivity (Wildman–Crippen MR) is 126 cm³/mol. The number of nitrogens with two attached hydrogens (primary N) is 1. The van der Waals surface area contributed by atoms with Gasteiger partial charge in [0.2, 0.25) is 0 Å². The highest BCUT2D eigenvalue weighted by molar-refractivity contribution is 7.52. The number of benzene rings is 1. The molecule has 194 valence electrons. The zero-order valence-corrected chi connectivity index (χ0v) is 20.6. The minimum Gasteiger partial charge on any atom is -0.468 e. The number of esters is 1. The minimum absolute atomic E-state index is 0.140. The van der Waals surface area contributed by atoms with Gasteiger partial charge < -0.3 is 29.9 Å². The molecule has 5 N–H and O–H groups in total. The number of imidazole rings is 1. The van der Waals surface area contributed by atoms with Crippen LogP contribution in [0.15, 0.2) is 43.0 Å². The lowest BCUT2D eigenvalue weighted by molar-refractivity contribution is -0.142. The van der Waals surface area contributed by atoms with E-state index in [4.69, 9.17) is 19.5 Å². The van der Waals surface area contributed by atoms with Crippen molar-refractivity contribution in [2.24, 2.45) is 0 Å². The van der Waals surface area contributed by atoms with Gasteiger partial charge in [0.25, 0.3) is 0 Å². The number of fused-ring (bicyclic) bond motifs is 1. The summed E-state index contributed by atoms with van der Waals surface area (Å²) in [6, 6.07) is 7.14. The lowest BCUT2D eigenvalue weighted by Gasteiger charge is -2.27. The fourth-order valence-corrected chi connectivity index (χ4v) is 5.27. The van der Waals surface area contributed by atoms with Crippen molar-refractivity contribution in [1.82, 2.24) is 24.6 Å². The van der Waals surface area contributed by atoms with E-state index in [1.807, 2.05) is 0 Å². The molecule has 6 atom stereocenters. The first kappa shape index (κ1) is 25.9. The Labute approximate surface area is 206 Å². The number of nitrogens with zero attached hydrogens (tertiary/aromatic N) is 4. The number of aliphatic hydroxyl groups is 2. The summed E-state index contributed by atoms with van der Waals surface area (Å²) in [6.07, 6.45) is -1.17. The number of ether oxygens (including phenoxy) is 2. The number of rotatable bonds is 9. The molecule has 0 saturated carbocycles. The number of hydrogen-bond acceptors (Lipinski definition) is 12. The average Bonchev–Trinajstić information content (AvgIpc) is 3.37.